The Hall–Kier alpha value is -0.890. The van der Waals surface area contributed by atoms with Crippen molar-refractivity contribution in [1.82, 2.24) is 0 Å². The first kappa shape index (κ1) is 12.2. The molecule has 15 heavy (non-hydrogen) atoms. The average Bonchev–Trinajstić information content (AvgIpc) is 2.65. The Labute approximate surface area is 95.8 Å². The maximum atomic E-state index is 11.0. The van der Waals surface area contributed by atoms with Crippen LogP contribution < -0.4 is 0 Å². The fourth-order valence-corrected chi connectivity index (χ4v) is 2.36. The van der Waals surface area contributed by atoms with Crippen molar-refractivity contribution in [3.8, 4) is 0 Å². The van der Waals surface area contributed by atoms with Crippen LogP contribution in [0.5, 0.6) is 0 Å². The summed E-state index contributed by atoms with van der Waals surface area (Å²) in [6, 6.07) is 2.12. The number of allylic oxidation sites excluding steroid dienone is 2. The molecule has 0 aliphatic rings. The van der Waals surface area contributed by atoms with E-state index in [1.165, 1.54) is 10.4 Å². The van der Waals surface area contributed by atoms with Crippen molar-refractivity contribution in [2.45, 2.75) is 39.0 Å². The second kappa shape index (κ2) is 6.57. The number of hydrogen-bond donors (Lipinski definition) is 0. The van der Waals surface area contributed by atoms with Crippen molar-refractivity contribution < 1.29 is 4.79 Å². The molecule has 1 aromatic rings. The van der Waals surface area contributed by atoms with Crippen molar-refractivity contribution in [2.24, 2.45) is 0 Å². The summed E-state index contributed by atoms with van der Waals surface area (Å²) in [4.78, 5) is 12.2. The highest BCUT2D eigenvalue weighted by Crippen LogP contribution is 2.24. The number of hydrogen-bond acceptors (Lipinski definition) is 2. The molecule has 0 N–H and O–H groups in total. The molecule has 0 saturated heterocycles. The summed E-state index contributed by atoms with van der Waals surface area (Å²) < 4.78 is 0. The highest BCUT2D eigenvalue weighted by Gasteiger charge is 2.10. The minimum Gasteiger partial charge on any atom is -0.303 e. The van der Waals surface area contributed by atoms with Crippen LogP contribution in [0.2, 0.25) is 0 Å². The van der Waals surface area contributed by atoms with E-state index in [4.69, 9.17) is 0 Å². The van der Waals surface area contributed by atoms with Gasteiger partial charge in [0.05, 0.1) is 0 Å². The van der Waals surface area contributed by atoms with E-state index in [1.807, 2.05) is 6.92 Å². The number of carbonyl (C=O) groups is 1. The molecular formula is C13H18OS. The topological polar surface area (TPSA) is 17.1 Å². The van der Waals surface area contributed by atoms with Gasteiger partial charge in [-0.2, -0.15) is 0 Å². The van der Waals surface area contributed by atoms with Gasteiger partial charge in [0.15, 0.2) is 0 Å². The molecule has 82 valence electrons. The second-order valence-corrected chi connectivity index (χ2v) is 4.85. The maximum Gasteiger partial charge on any atom is 0.127 e. The molecule has 1 heterocycles. The van der Waals surface area contributed by atoms with Crippen LogP contribution in [0.25, 0.3) is 0 Å². The molecule has 0 aliphatic carbocycles. The lowest BCUT2D eigenvalue weighted by molar-refractivity contribution is -0.109. The van der Waals surface area contributed by atoms with E-state index in [2.05, 4.69) is 30.5 Å². The fourth-order valence-electron chi connectivity index (χ4n) is 1.59. The minimum atomic E-state index is 0.0974. The molecule has 2 heteroatoms. The van der Waals surface area contributed by atoms with Gasteiger partial charge in [0.25, 0.3) is 0 Å². The first-order valence-electron chi connectivity index (χ1n) is 5.39. The minimum absolute atomic E-state index is 0.0974. The molecule has 0 amide bonds. The summed E-state index contributed by atoms with van der Waals surface area (Å²) in [5, 5.41) is 2.10. The Balaban J connectivity index is 2.46. The van der Waals surface area contributed by atoms with Crippen LogP contribution in [0.15, 0.2) is 23.6 Å². The summed E-state index contributed by atoms with van der Waals surface area (Å²) in [7, 11) is 0. The Morgan fingerprint density at radius 2 is 2.33 bits per heavy atom. The van der Waals surface area contributed by atoms with Gasteiger partial charge >= 0.3 is 0 Å². The molecule has 1 atom stereocenters. The standard InChI is InChI=1S/C13H18OS/c1-3-4-5-6-7-12(9-14)13-8-11(2)15-10-13/h3-4,8-10,12H,5-7H2,1-2H3. The lowest BCUT2D eigenvalue weighted by Crippen LogP contribution is -1.98. The van der Waals surface area contributed by atoms with Crippen molar-refractivity contribution in [3.63, 3.8) is 0 Å². The molecule has 0 saturated carbocycles. The van der Waals surface area contributed by atoms with Crippen LogP contribution >= 0.6 is 11.3 Å². The Kier molecular flexibility index (Phi) is 5.33. The van der Waals surface area contributed by atoms with E-state index < -0.39 is 0 Å². The molecule has 0 aromatic carbocycles. The smallest absolute Gasteiger partial charge is 0.127 e. The van der Waals surface area contributed by atoms with Gasteiger partial charge in [-0.15, -0.1) is 11.3 Å². The van der Waals surface area contributed by atoms with E-state index in [9.17, 15) is 4.79 Å². The predicted octanol–water partition coefficient (Wildman–Crippen LogP) is 4.09. The Morgan fingerprint density at radius 3 is 2.87 bits per heavy atom. The lowest BCUT2D eigenvalue weighted by Gasteiger charge is -2.06. The summed E-state index contributed by atoms with van der Waals surface area (Å²) in [6.45, 7) is 4.11. The summed E-state index contributed by atoms with van der Waals surface area (Å²) in [6.07, 6.45) is 8.42. The van der Waals surface area contributed by atoms with Gasteiger partial charge in [0, 0.05) is 10.8 Å². The molecule has 0 spiro atoms. The molecule has 1 rings (SSSR count). The zero-order valence-corrected chi connectivity index (χ0v) is 10.2. The normalized spacial score (nSPS) is 13.2. The molecule has 1 unspecified atom stereocenters. The number of thiophene rings is 1. The zero-order valence-electron chi connectivity index (χ0n) is 9.40. The lowest BCUT2D eigenvalue weighted by atomic mass is 9.97. The van der Waals surface area contributed by atoms with Gasteiger partial charge in [-0.3, -0.25) is 0 Å². The van der Waals surface area contributed by atoms with E-state index in [1.54, 1.807) is 11.3 Å². The zero-order chi connectivity index (χ0) is 11.1. The molecule has 1 nitrogen and oxygen atoms in total. The molecule has 0 fully saturated rings. The van der Waals surface area contributed by atoms with E-state index >= 15 is 0 Å². The number of aldehydes is 1. The Morgan fingerprint density at radius 1 is 1.53 bits per heavy atom. The third-order valence-electron chi connectivity index (χ3n) is 2.46. The summed E-state index contributed by atoms with van der Waals surface area (Å²) in [5.74, 6) is 0.0974. The van der Waals surface area contributed by atoms with Gasteiger partial charge in [0.1, 0.15) is 6.29 Å². The first-order valence-corrected chi connectivity index (χ1v) is 6.27. The average molecular weight is 222 g/mol. The predicted molar refractivity (Wildman–Crippen MR) is 66.5 cm³/mol. The molecule has 0 radical (unpaired) electrons. The van der Waals surface area contributed by atoms with E-state index in [0.29, 0.717) is 0 Å². The number of aryl methyl sites for hydroxylation is 1. The highest BCUT2D eigenvalue weighted by molar-refractivity contribution is 7.10. The van der Waals surface area contributed by atoms with Crippen LogP contribution in [0, 0.1) is 6.92 Å². The fraction of sp³-hybridized carbons (Fsp3) is 0.462. The quantitative estimate of drug-likeness (QED) is 0.402. The SMILES string of the molecule is CC=CCCCC(C=O)c1csc(C)c1. The van der Waals surface area contributed by atoms with Crippen molar-refractivity contribution in [3.05, 3.63) is 34.0 Å². The monoisotopic (exact) mass is 222 g/mol. The largest absolute Gasteiger partial charge is 0.303 e. The number of unbranched alkanes of at least 4 members (excludes halogenated alkanes) is 1. The third-order valence-corrected chi connectivity index (χ3v) is 3.34. The molecule has 1 aromatic heterocycles. The van der Waals surface area contributed by atoms with Crippen LogP contribution in [0.1, 0.15) is 42.5 Å². The van der Waals surface area contributed by atoms with Crippen LogP contribution in [0.4, 0.5) is 0 Å². The van der Waals surface area contributed by atoms with Gasteiger partial charge in [-0.25, -0.2) is 0 Å². The second-order valence-electron chi connectivity index (χ2n) is 3.73. The highest BCUT2D eigenvalue weighted by atomic mass is 32.1. The third kappa shape index (κ3) is 4.00. The van der Waals surface area contributed by atoms with Gasteiger partial charge in [0.2, 0.25) is 0 Å². The number of carbonyl (C=O) groups excluding carboxylic acids is 1. The Bertz CT molecular complexity index is 325. The van der Waals surface area contributed by atoms with Gasteiger partial charge in [-0.05, 0) is 50.1 Å². The maximum absolute atomic E-state index is 11.0. The van der Waals surface area contributed by atoms with Crippen LogP contribution in [-0.2, 0) is 4.79 Å². The molecule has 0 aliphatic heterocycles. The molecule has 0 bridgehead atoms. The summed E-state index contributed by atoms with van der Waals surface area (Å²) >= 11 is 1.72. The van der Waals surface area contributed by atoms with E-state index in [-0.39, 0.29) is 5.92 Å². The van der Waals surface area contributed by atoms with Gasteiger partial charge in [-0.1, -0.05) is 12.2 Å². The van der Waals surface area contributed by atoms with Crippen LogP contribution in [-0.4, -0.2) is 6.29 Å². The van der Waals surface area contributed by atoms with Crippen molar-refractivity contribution in [1.29, 1.82) is 0 Å². The summed E-state index contributed by atoms with van der Waals surface area (Å²) in [5.41, 5.74) is 1.19. The van der Waals surface area contributed by atoms with Crippen LogP contribution in [0.3, 0.4) is 0 Å². The molecular weight excluding hydrogens is 204 g/mol. The number of rotatable bonds is 6. The first-order chi connectivity index (χ1) is 7.27. The van der Waals surface area contributed by atoms with E-state index in [0.717, 1.165) is 25.5 Å². The van der Waals surface area contributed by atoms with Gasteiger partial charge < -0.3 is 4.79 Å². The van der Waals surface area contributed by atoms with Crippen molar-refractivity contribution >= 4 is 17.6 Å². The van der Waals surface area contributed by atoms with Crippen molar-refractivity contribution in [2.75, 3.05) is 0 Å².